The number of thioether (sulfide) groups is 1. The van der Waals surface area contributed by atoms with Crippen molar-refractivity contribution in [3.63, 3.8) is 0 Å². The van der Waals surface area contributed by atoms with Crippen molar-refractivity contribution in [3.05, 3.63) is 39.2 Å². The maximum absolute atomic E-state index is 12.2. The first-order chi connectivity index (χ1) is 9.78. The smallest absolute Gasteiger partial charge is 0.266 e. The summed E-state index contributed by atoms with van der Waals surface area (Å²) in [5.41, 5.74) is 0.827. The maximum Gasteiger partial charge on any atom is 0.266 e. The molecule has 1 aliphatic rings. The molecule has 112 valence electrons. The second kappa shape index (κ2) is 6.57. The number of halogens is 1. The molecule has 0 aliphatic carbocycles. The normalized spacial score (nSPS) is 17.8. The molecule has 0 unspecified atom stereocenters. The fourth-order valence-corrected chi connectivity index (χ4v) is 3.74. The van der Waals surface area contributed by atoms with Crippen LogP contribution in [0, 0.1) is 0 Å². The quantitative estimate of drug-likeness (QED) is 0.469. The van der Waals surface area contributed by atoms with E-state index in [1.54, 1.807) is 6.08 Å². The lowest BCUT2D eigenvalue weighted by Gasteiger charge is -2.12. The molecule has 9 heteroatoms. The number of hydrogen-bond donors (Lipinski definition) is 1. The van der Waals surface area contributed by atoms with E-state index >= 15 is 0 Å². The Labute approximate surface area is 140 Å². The van der Waals surface area contributed by atoms with Gasteiger partial charge in [0.05, 0.1) is 10.7 Å². The van der Waals surface area contributed by atoms with E-state index in [0.717, 1.165) is 21.8 Å². The summed E-state index contributed by atoms with van der Waals surface area (Å²) < 4.78 is 31.4. The van der Waals surface area contributed by atoms with E-state index in [2.05, 4.69) is 15.9 Å². The summed E-state index contributed by atoms with van der Waals surface area (Å²) >= 11 is 9.57. The Hall–Kier alpha value is -0.740. The summed E-state index contributed by atoms with van der Waals surface area (Å²) in [4.78, 5) is 13.8. The minimum atomic E-state index is -4.13. The Morgan fingerprint density at radius 2 is 2.05 bits per heavy atom. The van der Waals surface area contributed by atoms with Gasteiger partial charge in [0.1, 0.15) is 4.32 Å². The van der Waals surface area contributed by atoms with Crippen molar-refractivity contribution in [2.75, 3.05) is 12.3 Å². The number of hydrogen-bond acceptors (Lipinski definition) is 5. The first kappa shape index (κ1) is 16.6. The van der Waals surface area contributed by atoms with Gasteiger partial charge in [-0.2, -0.15) is 8.42 Å². The van der Waals surface area contributed by atoms with Crippen molar-refractivity contribution in [2.24, 2.45) is 0 Å². The molecule has 1 heterocycles. The van der Waals surface area contributed by atoms with Crippen LogP contribution in [0.25, 0.3) is 6.08 Å². The van der Waals surface area contributed by atoms with Crippen LogP contribution in [0.1, 0.15) is 5.56 Å². The van der Waals surface area contributed by atoms with E-state index in [1.807, 2.05) is 24.3 Å². The Morgan fingerprint density at radius 1 is 1.38 bits per heavy atom. The summed E-state index contributed by atoms with van der Waals surface area (Å²) in [6.45, 7) is -0.156. The van der Waals surface area contributed by atoms with Gasteiger partial charge in [-0.25, -0.2) is 0 Å². The van der Waals surface area contributed by atoms with E-state index in [0.29, 0.717) is 4.91 Å². The van der Waals surface area contributed by atoms with Crippen LogP contribution in [0.5, 0.6) is 0 Å². The fourth-order valence-electron chi connectivity index (χ4n) is 1.63. The summed E-state index contributed by atoms with van der Waals surface area (Å²) in [5, 5.41) is 0. The maximum atomic E-state index is 12.2. The predicted molar refractivity (Wildman–Crippen MR) is 90.4 cm³/mol. The molecule has 0 atom stereocenters. The van der Waals surface area contributed by atoms with Crippen LogP contribution in [0.3, 0.4) is 0 Å². The van der Waals surface area contributed by atoms with Crippen molar-refractivity contribution in [2.45, 2.75) is 0 Å². The summed E-state index contributed by atoms with van der Waals surface area (Å²) in [5.74, 6) is -0.897. The molecule has 1 N–H and O–H groups in total. The molecule has 1 fully saturated rings. The van der Waals surface area contributed by atoms with Crippen molar-refractivity contribution in [1.29, 1.82) is 0 Å². The number of amides is 1. The zero-order valence-corrected chi connectivity index (χ0v) is 14.6. The Balaban J connectivity index is 2.20. The van der Waals surface area contributed by atoms with Crippen LogP contribution < -0.4 is 0 Å². The zero-order chi connectivity index (χ0) is 15.6. The first-order valence-corrected chi connectivity index (χ1v) is 9.36. The van der Waals surface area contributed by atoms with Crippen molar-refractivity contribution in [3.8, 4) is 0 Å². The van der Waals surface area contributed by atoms with Crippen LogP contribution in [0.15, 0.2) is 33.6 Å². The SMILES string of the molecule is O=C1/C(=C\c2ccccc2Br)SC(=S)N1CCS(=O)(=O)O. The van der Waals surface area contributed by atoms with Crippen molar-refractivity contribution < 1.29 is 17.8 Å². The van der Waals surface area contributed by atoms with E-state index in [9.17, 15) is 13.2 Å². The molecule has 5 nitrogen and oxygen atoms in total. The topological polar surface area (TPSA) is 74.7 Å². The van der Waals surface area contributed by atoms with E-state index < -0.39 is 15.9 Å². The van der Waals surface area contributed by atoms with Gasteiger partial charge in [0, 0.05) is 11.0 Å². The molecule has 1 aliphatic heterocycles. The van der Waals surface area contributed by atoms with Gasteiger partial charge in [-0.05, 0) is 17.7 Å². The average Bonchev–Trinajstić information content (AvgIpc) is 2.64. The first-order valence-electron chi connectivity index (χ1n) is 5.73. The van der Waals surface area contributed by atoms with Gasteiger partial charge in [0.25, 0.3) is 16.0 Å². The predicted octanol–water partition coefficient (Wildman–Crippen LogP) is 2.54. The summed E-state index contributed by atoms with van der Waals surface area (Å²) in [6.07, 6.45) is 1.69. The molecular formula is C12H10BrNO4S3. The highest BCUT2D eigenvalue weighted by Gasteiger charge is 2.32. The fraction of sp³-hybridized carbons (Fsp3) is 0.167. The molecule has 0 spiro atoms. The van der Waals surface area contributed by atoms with E-state index in [-0.39, 0.29) is 16.8 Å². The molecule has 1 amide bonds. The van der Waals surface area contributed by atoms with Crippen molar-refractivity contribution >= 4 is 66.3 Å². The largest absolute Gasteiger partial charge is 0.292 e. The van der Waals surface area contributed by atoms with Crippen LogP contribution in [0.2, 0.25) is 0 Å². The second-order valence-electron chi connectivity index (χ2n) is 4.14. The van der Waals surface area contributed by atoms with E-state index in [4.69, 9.17) is 16.8 Å². The molecular weight excluding hydrogens is 398 g/mol. The lowest BCUT2D eigenvalue weighted by molar-refractivity contribution is -0.121. The van der Waals surface area contributed by atoms with Gasteiger partial charge in [-0.1, -0.05) is 58.1 Å². The minimum Gasteiger partial charge on any atom is -0.292 e. The third-order valence-corrected chi connectivity index (χ3v) is 5.44. The molecule has 2 rings (SSSR count). The lowest BCUT2D eigenvalue weighted by Crippen LogP contribution is -2.32. The summed E-state index contributed by atoms with van der Waals surface area (Å²) in [6, 6.07) is 7.40. The Bertz CT molecular complexity index is 730. The van der Waals surface area contributed by atoms with Crippen LogP contribution in [-0.4, -0.2) is 40.4 Å². The monoisotopic (exact) mass is 407 g/mol. The molecule has 1 aromatic carbocycles. The minimum absolute atomic E-state index is 0.156. The highest BCUT2D eigenvalue weighted by Crippen LogP contribution is 2.33. The van der Waals surface area contributed by atoms with Crippen molar-refractivity contribution in [1.82, 2.24) is 4.90 Å². The number of carbonyl (C=O) groups excluding carboxylic acids is 1. The number of rotatable bonds is 4. The zero-order valence-electron chi connectivity index (χ0n) is 10.5. The number of nitrogens with zero attached hydrogens (tertiary/aromatic N) is 1. The van der Waals surface area contributed by atoms with Gasteiger partial charge >= 0.3 is 0 Å². The van der Waals surface area contributed by atoms with Gasteiger partial charge in [0.15, 0.2) is 0 Å². The lowest BCUT2D eigenvalue weighted by atomic mass is 10.2. The Morgan fingerprint density at radius 3 is 2.67 bits per heavy atom. The molecule has 0 aromatic heterocycles. The van der Waals surface area contributed by atoms with Crippen LogP contribution >= 0.6 is 39.9 Å². The number of benzene rings is 1. The van der Waals surface area contributed by atoms with Gasteiger partial charge in [-0.15, -0.1) is 0 Å². The molecule has 0 saturated carbocycles. The third-order valence-electron chi connectivity index (χ3n) is 2.64. The molecule has 0 bridgehead atoms. The van der Waals surface area contributed by atoms with Gasteiger partial charge in [-0.3, -0.25) is 14.2 Å². The molecule has 1 saturated heterocycles. The van der Waals surface area contributed by atoms with Crippen LogP contribution in [0.4, 0.5) is 0 Å². The van der Waals surface area contributed by atoms with E-state index in [1.165, 1.54) is 4.90 Å². The third kappa shape index (κ3) is 4.36. The number of carbonyl (C=O) groups is 1. The van der Waals surface area contributed by atoms with Crippen LogP contribution in [-0.2, 0) is 14.9 Å². The Kier molecular flexibility index (Phi) is 5.20. The standard InChI is InChI=1S/C12H10BrNO4S3/c13-9-4-2-1-3-8(9)7-10-11(15)14(12(19)20-10)5-6-21(16,17)18/h1-4,7H,5-6H2,(H,16,17,18)/b10-7+. The van der Waals surface area contributed by atoms with Gasteiger partial charge in [0.2, 0.25) is 0 Å². The summed E-state index contributed by atoms with van der Waals surface area (Å²) in [7, 11) is -4.13. The molecule has 0 radical (unpaired) electrons. The average molecular weight is 408 g/mol. The van der Waals surface area contributed by atoms with Gasteiger partial charge < -0.3 is 0 Å². The molecule has 1 aromatic rings. The highest BCUT2D eigenvalue weighted by molar-refractivity contribution is 9.10. The second-order valence-corrected chi connectivity index (χ2v) is 8.24. The molecule has 21 heavy (non-hydrogen) atoms. The number of thiocarbonyl (C=S) groups is 1. The highest BCUT2D eigenvalue weighted by atomic mass is 79.9.